The minimum absolute atomic E-state index is 0.255. The van der Waals surface area contributed by atoms with Crippen molar-refractivity contribution in [2.75, 3.05) is 0 Å². The van der Waals surface area contributed by atoms with E-state index >= 15 is 0 Å². The van der Waals surface area contributed by atoms with E-state index in [4.69, 9.17) is 9.25 Å². The van der Waals surface area contributed by atoms with Gasteiger partial charge in [0.2, 0.25) is 0 Å². The first-order valence-corrected chi connectivity index (χ1v) is 7.40. The average Bonchev–Trinajstić information content (AvgIpc) is 2.59. The fourth-order valence-electron chi connectivity index (χ4n) is 2.22. The highest BCUT2D eigenvalue weighted by Crippen LogP contribution is 2.13. The van der Waals surface area contributed by atoms with Crippen molar-refractivity contribution in [3.8, 4) is 0 Å². The van der Waals surface area contributed by atoms with Crippen LogP contribution in [-0.4, -0.2) is 11.7 Å². The number of para-hydroxylation sites is 1. The first kappa shape index (κ1) is 15.7. The van der Waals surface area contributed by atoms with E-state index in [0.29, 0.717) is 11.1 Å². The number of hydrogen-bond acceptors (Lipinski definition) is 5. The van der Waals surface area contributed by atoms with Crippen molar-refractivity contribution in [3.05, 3.63) is 81.7 Å². The summed E-state index contributed by atoms with van der Waals surface area (Å²) in [6.45, 7) is 3.51. The smallest absolute Gasteiger partial charge is 0.365 e. The van der Waals surface area contributed by atoms with Crippen LogP contribution in [0.3, 0.4) is 0 Å². The molecule has 1 heterocycles. The van der Waals surface area contributed by atoms with E-state index in [0.717, 1.165) is 10.9 Å². The molecule has 1 aromatic heterocycles. The van der Waals surface area contributed by atoms with Crippen LogP contribution >= 0.6 is 0 Å². The van der Waals surface area contributed by atoms with Gasteiger partial charge < -0.3 is 9.25 Å². The molecule has 0 aliphatic rings. The number of carbonyl (C=O) groups is 1. The quantitative estimate of drug-likeness (QED) is 0.319. The molecule has 0 fully saturated rings. The molecule has 0 amide bonds. The molecule has 0 N–H and O–H groups in total. The van der Waals surface area contributed by atoms with Crippen molar-refractivity contribution in [3.63, 3.8) is 0 Å². The van der Waals surface area contributed by atoms with Gasteiger partial charge in [-0.3, -0.25) is 0 Å². The molecule has 2 aromatic carbocycles. The molecule has 0 bridgehead atoms. The average molecular weight is 321 g/mol. The van der Waals surface area contributed by atoms with Crippen LogP contribution < -0.4 is 5.63 Å². The number of benzene rings is 2. The Morgan fingerprint density at radius 2 is 1.79 bits per heavy atom. The van der Waals surface area contributed by atoms with Gasteiger partial charge in [0.1, 0.15) is 5.58 Å². The maximum Gasteiger partial charge on any atom is 0.365 e. The number of hydrogen-bond donors (Lipinski definition) is 0. The zero-order valence-electron chi connectivity index (χ0n) is 13.3. The van der Waals surface area contributed by atoms with Gasteiger partial charge in [0.25, 0.3) is 0 Å². The Kier molecular flexibility index (Phi) is 4.24. The van der Waals surface area contributed by atoms with Crippen LogP contribution in [-0.2, 0) is 4.84 Å². The van der Waals surface area contributed by atoms with E-state index in [1.54, 1.807) is 37.3 Å². The molecule has 0 radical (unpaired) electrons. The minimum Gasteiger partial charge on any atom is -0.422 e. The highest BCUT2D eigenvalue weighted by molar-refractivity contribution is 6.00. The molecule has 0 aliphatic heterocycles. The van der Waals surface area contributed by atoms with Crippen LogP contribution in [0, 0.1) is 6.92 Å². The Balaban J connectivity index is 1.85. The van der Waals surface area contributed by atoms with Gasteiger partial charge in [-0.05, 0) is 38.1 Å². The van der Waals surface area contributed by atoms with Gasteiger partial charge in [0.15, 0.2) is 0 Å². The Morgan fingerprint density at radius 1 is 1.08 bits per heavy atom. The third kappa shape index (κ3) is 3.25. The molecule has 3 aromatic rings. The van der Waals surface area contributed by atoms with E-state index in [1.165, 1.54) is 0 Å². The summed E-state index contributed by atoms with van der Waals surface area (Å²) in [5.41, 5.74) is 1.93. The second kappa shape index (κ2) is 6.50. The molecule has 120 valence electrons. The van der Waals surface area contributed by atoms with Gasteiger partial charge in [0.05, 0.1) is 16.8 Å². The molecule has 0 saturated heterocycles. The zero-order chi connectivity index (χ0) is 17.1. The lowest BCUT2D eigenvalue weighted by Crippen LogP contribution is -2.13. The molecular weight excluding hydrogens is 306 g/mol. The topological polar surface area (TPSA) is 68.9 Å². The molecular formula is C19H15NO4. The van der Waals surface area contributed by atoms with Gasteiger partial charge in [-0.25, -0.2) is 9.59 Å². The maximum atomic E-state index is 12.0. The van der Waals surface area contributed by atoms with Crippen LogP contribution in [0.4, 0.5) is 0 Å². The number of rotatable bonds is 3. The summed E-state index contributed by atoms with van der Waals surface area (Å²) >= 11 is 0. The van der Waals surface area contributed by atoms with Crippen LogP contribution in [0.2, 0.25) is 0 Å². The van der Waals surface area contributed by atoms with Crippen LogP contribution in [0.15, 0.2) is 69.0 Å². The van der Waals surface area contributed by atoms with Gasteiger partial charge in [-0.15, -0.1) is 0 Å². The number of nitrogens with zero attached hydrogens (tertiary/aromatic N) is 1. The first-order valence-electron chi connectivity index (χ1n) is 7.40. The Hall–Kier alpha value is -3.21. The number of fused-ring (bicyclic) bond motifs is 1. The molecule has 0 spiro atoms. The minimum atomic E-state index is -0.584. The summed E-state index contributed by atoms with van der Waals surface area (Å²) in [6, 6.07) is 15.8. The number of aryl methyl sites for hydroxylation is 1. The summed E-state index contributed by atoms with van der Waals surface area (Å²) < 4.78 is 5.24. The van der Waals surface area contributed by atoms with E-state index < -0.39 is 11.6 Å². The third-order valence-corrected chi connectivity index (χ3v) is 3.58. The maximum absolute atomic E-state index is 12.0. The predicted octanol–water partition coefficient (Wildman–Crippen LogP) is 3.68. The monoisotopic (exact) mass is 321 g/mol. The summed E-state index contributed by atoms with van der Waals surface area (Å²) in [5, 5.41) is 4.54. The van der Waals surface area contributed by atoms with Crippen molar-refractivity contribution >= 4 is 22.7 Å². The Bertz CT molecular complexity index is 984. The third-order valence-electron chi connectivity index (χ3n) is 3.58. The van der Waals surface area contributed by atoms with Crippen LogP contribution in [0.1, 0.15) is 28.4 Å². The van der Waals surface area contributed by atoms with Crippen molar-refractivity contribution < 1.29 is 14.0 Å². The van der Waals surface area contributed by atoms with E-state index in [9.17, 15) is 9.59 Å². The van der Waals surface area contributed by atoms with Crippen LogP contribution in [0.5, 0.6) is 0 Å². The Labute approximate surface area is 138 Å². The highest BCUT2D eigenvalue weighted by atomic mass is 16.7. The molecule has 5 nitrogen and oxygen atoms in total. The van der Waals surface area contributed by atoms with Gasteiger partial charge in [-0.2, -0.15) is 0 Å². The van der Waals surface area contributed by atoms with Crippen molar-refractivity contribution in [1.82, 2.24) is 0 Å². The van der Waals surface area contributed by atoms with E-state index in [-0.39, 0.29) is 11.3 Å². The van der Waals surface area contributed by atoms with E-state index in [1.807, 2.05) is 31.2 Å². The van der Waals surface area contributed by atoms with Crippen molar-refractivity contribution in [1.29, 1.82) is 0 Å². The van der Waals surface area contributed by atoms with E-state index in [2.05, 4.69) is 5.16 Å². The van der Waals surface area contributed by atoms with Crippen molar-refractivity contribution in [2.45, 2.75) is 13.8 Å². The molecule has 3 rings (SSSR count). The van der Waals surface area contributed by atoms with Crippen molar-refractivity contribution in [2.24, 2.45) is 5.16 Å². The lowest BCUT2D eigenvalue weighted by Gasteiger charge is -2.02. The molecule has 0 aliphatic carbocycles. The molecule has 0 saturated carbocycles. The largest absolute Gasteiger partial charge is 0.422 e. The van der Waals surface area contributed by atoms with Crippen LogP contribution in [0.25, 0.3) is 11.0 Å². The lowest BCUT2D eigenvalue weighted by molar-refractivity contribution is 0.0516. The van der Waals surface area contributed by atoms with Gasteiger partial charge in [-0.1, -0.05) is 41.1 Å². The van der Waals surface area contributed by atoms with Gasteiger partial charge in [0, 0.05) is 5.39 Å². The second-order valence-electron chi connectivity index (χ2n) is 5.41. The lowest BCUT2D eigenvalue weighted by atomic mass is 10.1. The number of oxime groups is 1. The second-order valence-corrected chi connectivity index (χ2v) is 5.41. The Morgan fingerprint density at radius 3 is 2.54 bits per heavy atom. The fourth-order valence-corrected chi connectivity index (χ4v) is 2.22. The summed E-state index contributed by atoms with van der Waals surface area (Å²) in [5.74, 6) is -0.584. The first-order chi connectivity index (χ1) is 11.5. The summed E-state index contributed by atoms with van der Waals surface area (Å²) in [4.78, 5) is 28.9. The zero-order valence-corrected chi connectivity index (χ0v) is 13.3. The summed E-state index contributed by atoms with van der Waals surface area (Å²) in [7, 11) is 0. The standard InChI is InChI=1S/C19H15NO4/c1-12-7-9-14(10-8-12)18(21)24-20-13(2)16-11-15-5-3-4-6-17(15)23-19(16)22/h3-11H,1-2H3/b20-13-. The fraction of sp³-hybridized carbons (Fsp3) is 0.105. The number of carbonyl (C=O) groups excluding carboxylic acids is 1. The molecule has 0 atom stereocenters. The SMILES string of the molecule is C/C(=N/OC(=O)c1ccc(C)cc1)c1cc2ccccc2oc1=O. The van der Waals surface area contributed by atoms with Gasteiger partial charge >= 0.3 is 11.6 Å². The molecule has 24 heavy (non-hydrogen) atoms. The highest BCUT2D eigenvalue weighted by Gasteiger charge is 2.11. The molecule has 5 heteroatoms. The molecule has 0 unspecified atom stereocenters. The summed E-state index contributed by atoms with van der Waals surface area (Å²) in [6.07, 6.45) is 0. The predicted molar refractivity (Wildman–Crippen MR) is 91.3 cm³/mol. The normalized spacial score (nSPS) is 11.5.